The van der Waals surface area contributed by atoms with Crippen molar-refractivity contribution in [3.05, 3.63) is 35.9 Å². The minimum Gasteiger partial charge on any atom is -0.481 e. The second-order valence-electron chi connectivity index (χ2n) is 13.0. The van der Waals surface area contributed by atoms with E-state index in [1.165, 1.54) is 173 Å². The molecule has 1 aromatic carbocycles. The number of aryl methyl sites for hydroxylation is 1. The Morgan fingerprint density at radius 1 is 0.524 bits per heavy atom. The van der Waals surface area contributed by atoms with Gasteiger partial charge in [-0.05, 0) is 51.9 Å². The monoisotopic (exact) mass is 588 g/mol. The van der Waals surface area contributed by atoms with Crippen LogP contribution in [0, 0.1) is 0 Å². The van der Waals surface area contributed by atoms with Gasteiger partial charge in [0.05, 0.1) is 0 Å². The van der Waals surface area contributed by atoms with E-state index in [2.05, 4.69) is 56.3 Å². The van der Waals surface area contributed by atoms with Crippen molar-refractivity contribution < 1.29 is 9.90 Å². The Balaban J connectivity index is 0.000000805. The zero-order valence-electron chi connectivity index (χ0n) is 28.7. The van der Waals surface area contributed by atoms with E-state index >= 15 is 0 Å². The third-order valence-corrected chi connectivity index (χ3v) is 8.41. The van der Waals surface area contributed by atoms with Crippen LogP contribution in [0.3, 0.4) is 0 Å². The Kier molecular flexibility index (Phi) is 33.0. The summed E-state index contributed by atoms with van der Waals surface area (Å²) >= 11 is 0. The number of carbonyl (C=O) groups is 1. The van der Waals surface area contributed by atoms with Gasteiger partial charge in [-0.3, -0.25) is 4.79 Å². The fraction of sp³-hybridized carbons (Fsp3) is 0.821. The van der Waals surface area contributed by atoms with Crippen molar-refractivity contribution in [1.29, 1.82) is 0 Å². The summed E-state index contributed by atoms with van der Waals surface area (Å²) in [6, 6.07) is 10.9. The van der Waals surface area contributed by atoms with Gasteiger partial charge in [-0.15, -0.1) is 0 Å². The van der Waals surface area contributed by atoms with Crippen LogP contribution in [0.1, 0.15) is 186 Å². The normalized spacial score (nSPS) is 11.0. The molecule has 0 heterocycles. The third kappa shape index (κ3) is 34.8. The molecule has 1 rings (SSSR count). The smallest absolute Gasteiger partial charge is 0.303 e. The summed E-state index contributed by atoms with van der Waals surface area (Å²) in [7, 11) is 4.33. The average molecular weight is 588 g/mol. The summed E-state index contributed by atoms with van der Waals surface area (Å²) in [6.07, 6.45) is 37.1. The maximum atomic E-state index is 10.3. The molecular weight excluding hydrogens is 514 g/mol. The number of carboxylic acids is 1. The Bertz CT molecular complexity index is 645. The highest BCUT2D eigenvalue weighted by Gasteiger charge is 1.98. The zero-order chi connectivity index (χ0) is 30.8. The average Bonchev–Trinajstić information content (AvgIpc) is 2.98. The van der Waals surface area contributed by atoms with Gasteiger partial charge in [0, 0.05) is 6.42 Å². The summed E-state index contributed by atoms with van der Waals surface area (Å²) in [6.45, 7) is 3.52. The van der Waals surface area contributed by atoms with Gasteiger partial charge >= 0.3 is 5.97 Å². The molecule has 0 atom stereocenters. The van der Waals surface area contributed by atoms with Gasteiger partial charge < -0.3 is 10.0 Å². The maximum Gasteiger partial charge on any atom is 0.303 e. The lowest BCUT2D eigenvalue weighted by Crippen LogP contribution is -2.12. The standard InChI is InChI=1S/C21H37N.C18H36O2/c1-22(2)20-16-11-9-7-5-3-4-6-8-10-13-17-21-18-14-12-15-19-21;1-2-3-4-5-6-7-8-9-10-11-12-13-14-15-16-17-18(19)20/h12,14-15,18-19H,3-11,13,16-17,20H2,1-2H3;2-17H2,1H3,(H,19,20). The largest absolute Gasteiger partial charge is 0.481 e. The first-order valence-corrected chi connectivity index (χ1v) is 18.5. The van der Waals surface area contributed by atoms with E-state index in [9.17, 15) is 4.79 Å². The van der Waals surface area contributed by atoms with E-state index in [1.807, 2.05) is 0 Å². The van der Waals surface area contributed by atoms with Crippen LogP contribution in [0.5, 0.6) is 0 Å². The quantitative estimate of drug-likeness (QED) is 0.0910. The van der Waals surface area contributed by atoms with Crippen molar-refractivity contribution >= 4 is 5.97 Å². The van der Waals surface area contributed by atoms with E-state index in [-0.39, 0.29) is 0 Å². The lowest BCUT2D eigenvalue weighted by molar-refractivity contribution is -0.137. The molecule has 0 unspecified atom stereocenters. The lowest BCUT2D eigenvalue weighted by Gasteiger charge is -2.08. The highest BCUT2D eigenvalue weighted by molar-refractivity contribution is 5.66. The molecule has 0 amide bonds. The van der Waals surface area contributed by atoms with Gasteiger partial charge in [-0.25, -0.2) is 0 Å². The molecule has 3 heteroatoms. The predicted molar refractivity (Wildman–Crippen MR) is 187 cm³/mol. The maximum absolute atomic E-state index is 10.3. The van der Waals surface area contributed by atoms with Crippen LogP contribution >= 0.6 is 0 Å². The molecule has 0 spiro atoms. The third-order valence-electron chi connectivity index (χ3n) is 8.41. The van der Waals surface area contributed by atoms with Crippen LogP contribution in [0.25, 0.3) is 0 Å². The molecule has 246 valence electrons. The minimum absolute atomic E-state index is 0.345. The Morgan fingerprint density at radius 3 is 1.26 bits per heavy atom. The topological polar surface area (TPSA) is 40.5 Å². The fourth-order valence-electron chi connectivity index (χ4n) is 5.64. The molecule has 1 N–H and O–H groups in total. The van der Waals surface area contributed by atoms with E-state index in [0.29, 0.717) is 6.42 Å². The van der Waals surface area contributed by atoms with Crippen LogP contribution in [0.15, 0.2) is 30.3 Å². The molecule has 0 aliphatic rings. The van der Waals surface area contributed by atoms with Crippen molar-refractivity contribution in [2.45, 2.75) is 187 Å². The van der Waals surface area contributed by atoms with Gasteiger partial charge in [-0.2, -0.15) is 0 Å². The minimum atomic E-state index is -0.653. The summed E-state index contributed by atoms with van der Waals surface area (Å²) in [4.78, 5) is 12.6. The molecule has 0 saturated carbocycles. The zero-order valence-corrected chi connectivity index (χ0v) is 28.7. The lowest BCUT2D eigenvalue weighted by atomic mass is 10.0. The number of benzene rings is 1. The summed E-state index contributed by atoms with van der Waals surface area (Å²) < 4.78 is 0. The number of hydrogen-bond acceptors (Lipinski definition) is 2. The number of unbranched alkanes of at least 4 members (excludes halogenated alkanes) is 24. The SMILES string of the molecule is CCCCCCCCCCCCCCCCCC(=O)O.CN(C)CCCCCCCCCCCCCc1ccccc1. The molecule has 1 aromatic rings. The molecule has 0 radical (unpaired) electrons. The highest BCUT2D eigenvalue weighted by atomic mass is 16.4. The summed E-state index contributed by atoms with van der Waals surface area (Å²) in [5.41, 5.74) is 1.50. The van der Waals surface area contributed by atoms with Crippen LogP contribution in [-0.2, 0) is 11.2 Å². The Labute approximate surface area is 263 Å². The number of rotatable bonds is 30. The van der Waals surface area contributed by atoms with Crippen molar-refractivity contribution in [1.82, 2.24) is 4.90 Å². The Morgan fingerprint density at radius 2 is 0.881 bits per heavy atom. The first-order valence-electron chi connectivity index (χ1n) is 18.5. The molecule has 42 heavy (non-hydrogen) atoms. The highest BCUT2D eigenvalue weighted by Crippen LogP contribution is 2.14. The van der Waals surface area contributed by atoms with Crippen molar-refractivity contribution in [3.63, 3.8) is 0 Å². The second-order valence-corrected chi connectivity index (χ2v) is 13.0. The molecule has 0 saturated heterocycles. The molecule has 0 fully saturated rings. The molecular formula is C39H73NO2. The molecule has 0 aromatic heterocycles. The summed E-state index contributed by atoms with van der Waals surface area (Å²) in [5, 5.41) is 8.52. The Hall–Kier alpha value is -1.35. The van der Waals surface area contributed by atoms with E-state index < -0.39 is 5.97 Å². The van der Waals surface area contributed by atoms with Crippen LogP contribution in [0.2, 0.25) is 0 Å². The predicted octanol–water partition coefficient (Wildman–Crippen LogP) is 12.4. The van der Waals surface area contributed by atoms with Crippen LogP contribution in [-0.4, -0.2) is 36.6 Å². The van der Waals surface area contributed by atoms with Gasteiger partial charge in [0.1, 0.15) is 0 Å². The molecule has 3 nitrogen and oxygen atoms in total. The first kappa shape index (κ1) is 40.6. The number of nitrogens with zero attached hydrogens (tertiary/aromatic N) is 1. The first-order chi connectivity index (χ1) is 20.6. The van der Waals surface area contributed by atoms with Gasteiger partial charge in [0.15, 0.2) is 0 Å². The molecule has 0 aliphatic carbocycles. The number of carboxylic acid groups (broad SMARTS) is 1. The molecule has 0 aliphatic heterocycles. The summed E-state index contributed by atoms with van der Waals surface area (Å²) in [5.74, 6) is -0.653. The fourth-order valence-corrected chi connectivity index (χ4v) is 5.64. The van der Waals surface area contributed by atoms with Crippen molar-refractivity contribution in [3.8, 4) is 0 Å². The van der Waals surface area contributed by atoms with Crippen molar-refractivity contribution in [2.24, 2.45) is 0 Å². The van der Waals surface area contributed by atoms with E-state index in [0.717, 1.165) is 12.8 Å². The number of aliphatic carboxylic acids is 1. The van der Waals surface area contributed by atoms with Crippen LogP contribution < -0.4 is 0 Å². The van der Waals surface area contributed by atoms with Crippen molar-refractivity contribution in [2.75, 3.05) is 20.6 Å². The van der Waals surface area contributed by atoms with Gasteiger partial charge in [0.2, 0.25) is 0 Å². The van der Waals surface area contributed by atoms with Gasteiger partial charge in [0.25, 0.3) is 0 Å². The van der Waals surface area contributed by atoms with E-state index in [4.69, 9.17) is 5.11 Å². The second kappa shape index (κ2) is 34.1. The van der Waals surface area contributed by atoms with E-state index in [1.54, 1.807) is 0 Å². The number of hydrogen-bond donors (Lipinski definition) is 1. The molecule has 0 bridgehead atoms. The van der Waals surface area contributed by atoms with Gasteiger partial charge in [-0.1, -0.05) is 185 Å². The van der Waals surface area contributed by atoms with Crippen LogP contribution in [0.4, 0.5) is 0 Å².